The van der Waals surface area contributed by atoms with Crippen molar-refractivity contribution in [3.63, 3.8) is 0 Å². The maximum absolute atomic E-state index is 12.1. The molecule has 6 heteroatoms. The highest BCUT2D eigenvalue weighted by Crippen LogP contribution is 2.19. The zero-order valence-electron chi connectivity index (χ0n) is 14.8. The van der Waals surface area contributed by atoms with Gasteiger partial charge in [0.25, 0.3) is 5.91 Å². The van der Waals surface area contributed by atoms with Crippen LogP contribution in [0, 0.1) is 0 Å². The molecule has 24 heavy (non-hydrogen) atoms. The quantitative estimate of drug-likeness (QED) is 0.537. The van der Waals surface area contributed by atoms with E-state index in [1.165, 1.54) is 31.3 Å². The Morgan fingerprint density at radius 2 is 2.17 bits per heavy atom. The molecule has 0 aliphatic heterocycles. The van der Waals surface area contributed by atoms with Gasteiger partial charge in [-0.2, -0.15) is 0 Å². The van der Waals surface area contributed by atoms with Crippen molar-refractivity contribution in [3.8, 4) is 0 Å². The Morgan fingerprint density at radius 1 is 1.29 bits per heavy atom. The van der Waals surface area contributed by atoms with Gasteiger partial charge in [0.1, 0.15) is 5.69 Å². The number of carbonyl (C=O) groups excluding carboxylic acids is 1. The van der Waals surface area contributed by atoms with E-state index in [9.17, 15) is 4.79 Å². The minimum absolute atomic E-state index is 0.144. The van der Waals surface area contributed by atoms with Crippen molar-refractivity contribution in [2.75, 3.05) is 39.0 Å². The van der Waals surface area contributed by atoms with Crippen molar-refractivity contribution in [3.05, 3.63) is 29.6 Å². The van der Waals surface area contributed by atoms with Crippen LogP contribution in [0.4, 0.5) is 5.95 Å². The van der Waals surface area contributed by atoms with E-state index < -0.39 is 0 Å². The van der Waals surface area contributed by atoms with E-state index >= 15 is 0 Å². The molecule has 0 bridgehead atoms. The van der Waals surface area contributed by atoms with Gasteiger partial charge >= 0.3 is 0 Å². The highest BCUT2D eigenvalue weighted by Gasteiger charge is 2.09. The summed E-state index contributed by atoms with van der Waals surface area (Å²) < 4.78 is 0. The van der Waals surface area contributed by atoms with E-state index in [1.807, 2.05) is 14.1 Å². The number of nitrogens with one attached hydrogen (secondary N) is 2. The van der Waals surface area contributed by atoms with Crippen molar-refractivity contribution in [1.29, 1.82) is 0 Å². The van der Waals surface area contributed by atoms with Crippen LogP contribution in [0.1, 0.15) is 49.0 Å². The van der Waals surface area contributed by atoms with Gasteiger partial charge in [-0.3, -0.25) is 4.79 Å². The van der Waals surface area contributed by atoms with E-state index in [2.05, 4.69) is 31.6 Å². The molecule has 0 unspecified atom stereocenters. The van der Waals surface area contributed by atoms with Crippen LogP contribution in [0.5, 0.6) is 0 Å². The lowest BCUT2D eigenvalue weighted by Gasteiger charge is -2.13. The number of aromatic nitrogens is 2. The van der Waals surface area contributed by atoms with Crippen LogP contribution in [0.15, 0.2) is 23.9 Å². The summed E-state index contributed by atoms with van der Waals surface area (Å²) in [6.07, 6.45) is 10.9. The Bertz CT molecular complexity index is 556. The molecular weight excluding hydrogens is 302 g/mol. The first-order valence-electron chi connectivity index (χ1n) is 8.83. The van der Waals surface area contributed by atoms with Gasteiger partial charge in [-0.25, -0.2) is 9.97 Å². The number of allylic oxidation sites excluding steroid dienone is 1. The third-order valence-electron chi connectivity index (χ3n) is 4.07. The SMILES string of the molecule is CN(C)CCCNC(=O)c1ccnc(NCCC2=CCCCC2)n1. The van der Waals surface area contributed by atoms with E-state index in [4.69, 9.17) is 0 Å². The van der Waals surface area contributed by atoms with Crippen LogP contribution in [-0.2, 0) is 0 Å². The van der Waals surface area contributed by atoms with Gasteiger partial charge in [-0.05, 0) is 65.2 Å². The van der Waals surface area contributed by atoms with Crippen LogP contribution in [0.2, 0.25) is 0 Å². The number of nitrogens with zero attached hydrogens (tertiary/aromatic N) is 3. The maximum atomic E-state index is 12.1. The number of hydrogen-bond acceptors (Lipinski definition) is 5. The van der Waals surface area contributed by atoms with E-state index in [0.717, 1.165) is 25.9 Å². The van der Waals surface area contributed by atoms with Crippen molar-refractivity contribution >= 4 is 11.9 Å². The molecule has 1 aliphatic carbocycles. The average Bonchev–Trinajstić information content (AvgIpc) is 2.59. The summed E-state index contributed by atoms with van der Waals surface area (Å²) in [6, 6.07) is 1.65. The van der Waals surface area contributed by atoms with Gasteiger partial charge in [0, 0.05) is 19.3 Å². The molecule has 1 aromatic rings. The zero-order valence-corrected chi connectivity index (χ0v) is 14.8. The number of rotatable bonds is 9. The van der Waals surface area contributed by atoms with Crippen molar-refractivity contribution in [1.82, 2.24) is 20.2 Å². The highest BCUT2D eigenvalue weighted by atomic mass is 16.1. The largest absolute Gasteiger partial charge is 0.354 e. The molecule has 1 amide bonds. The van der Waals surface area contributed by atoms with Crippen LogP contribution in [0.3, 0.4) is 0 Å². The van der Waals surface area contributed by atoms with Crippen molar-refractivity contribution < 1.29 is 4.79 Å². The summed E-state index contributed by atoms with van der Waals surface area (Å²) >= 11 is 0. The Labute approximate surface area is 144 Å². The first-order chi connectivity index (χ1) is 11.6. The summed E-state index contributed by atoms with van der Waals surface area (Å²) in [7, 11) is 4.04. The van der Waals surface area contributed by atoms with E-state index in [0.29, 0.717) is 18.2 Å². The summed E-state index contributed by atoms with van der Waals surface area (Å²) in [4.78, 5) is 22.7. The molecule has 0 saturated carbocycles. The lowest BCUT2D eigenvalue weighted by Crippen LogP contribution is -2.28. The van der Waals surface area contributed by atoms with Gasteiger partial charge in [0.05, 0.1) is 0 Å². The molecule has 1 aliphatic rings. The molecule has 0 radical (unpaired) electrons. The maximum Gasteiger partial charge on any atom is 0.270 e. The normalized spacial score (nSPS) is 14.4. The number of anilines is 1. The third-order valence-corrected chi connectivity index (χ3v) is 4.07. The molecule has 0 fully saturated rings. The second-order valence-corrected chi connectivity index (χ2v) is 6.46. The van der Waals surface area contributed by atoms with Gasteiger partial charge in [-0.1, -0.05) is 11.6 Å². The summed E-state index contributed by atoms with van der Waals surface area (Å²) in [5, 5.41) is 6.12. The minimum atomic E-state index is -0.144. The number of amides is 1. The van der Waals surface area contributed by atoms with Gasteiger partial charge in [0.15, 0.2) is 0 Å². The van der Waals surface area contributed by atoms with Crippen LogP contribution in [-0.4, -0.2) is 54.5 Å². The highest BCUT2D eigenvalue weighted by molar-refractivity contribution is 5.92. The first-order valence-corrected chi connectivity index (χ1v) is 8.83. The standard InChI is InChI=1S/C18H29N5O/c1-23(2)14-6-11-19-17(24)16-10-13-21-18(22-16)20-12-9-15-7-4-3-5-8-15/h7,10,13H,3-6,8-9,11-12,14H2,1-2H3,(H,19,24)(H,20,21,22). The molecule has 0 aromatic carbocycles. The first kappa shape index (κ1) is 18.4. The summed E-state index contributed by atoms with van der Waals surface area (Å²) in [6.45, 7) is 2.41. The van der Waals surface area contributed by atoms with Crippen molar-refractivity contribution in [2.24, 2.45) is 0 Å². The number of hydrogen-bond donors (Lipinski definition) is 2. The fraction of sp³-hybridized carbons (Fsp3) is 0.611. The van der Waals surface area contributed by atoms with E-state index in [1.54, 1.807) is 12.3 Å². The molecule has 1 heterocycles. The molecule has 132 valence electrons. The van der Waals surface area contributed by atoms with Crippen LogP contribution >= 0.6 is 0 Å². The summed E-state index contributed by atoms with van der Waals surface area (Å²) in [5.74, 6) is 0.376. The summed E-state index contributed by atoms with van der Waals surface area (Å²) in [5.41, 5.74) is 1.93. The smallest absolute Gasteiger partial charge is 0.270 e. The number of carbonyl (C=O) groups is 1. The van der Waals surface area contributed by atoms with Crippen LogP contribution < -0.4 is 10.6 Å². The van der Waals surface area contributed by atoms with Crippen molar-refractivity contribution in [2.45, 2.75) is 38.5 Å². The lowest BCUT2D eigenvalue weighted by atomic mass is 9.97. The molecular formula is C18H29N5O. The van der Waals surface area contributed by atoms with Crippen LogP contribution in [0.25, 0.3) is 0 Å². The lowest BCUT2D eigenvalue weighted by molar-refractivity contribution is 0.0947. The third kappa shape index (κ3) is 6.66. The minimum Gasteiger partial charge on any atom is -0.354 e. The Hall–Kier alpha value is -1.95. The molecule has 1 aromatic heterocycles. The predicted octanol–water partition coefficient (Wildman–Crippen LogP) is 2.46. The second-order valence-electron chi connectivity index (χ2n) is 6.46. The molecule has 2 rings (SSSR count). The average molecular weight is 331 g/mol. The zero-order chi connectivity index (χ0) is 17.2. The fourth-order valence-electron chi connectivity index (χ4n) is 2.72. The second kappa shape index (κ2) is 10.0. The molecule has 0 atom stereocenters. The fourth-order valence-corrected chi connectivity index (χ4v) is 2.72. The Balaban J connectivity index is 1.75. The van der Waals surface area contributed by atoms with Gasteiger partial charge in [-0.15, -0.1) is 0 Å². The Kier molecular flexibility index (Phi) is 7.68. The molecule has 0 spiro atoms. The monoisotopic (exact) mass is 331 g/mol. The molecule has 0 saturated heterocycles. The molecule has 6 nitrogen and oxygen atoms in total. The molecule has 2 N–H and O–H groups in total. The van der Waals surface area contributed by atoms with E-state index in [-0.39, 0.29) is 5.91 Å². The topological polar surface area (TPSA) is 70.2 Å². The van der Waals surface area contributed by atoms with Gasteiger partial charge < -0.3 is 15.5 Å². The predicted molar refractivity (Wildman–Crippen MR) is 97.2 cm³/mol. The Morgan fingerprint density at radius 3 is 2.92 bits per heavy atom. The van der Waals surface area contributed by atoms with Gasteiger partial charge in [0.2, 0.25) is 5.95 Å².